The summed E-state index contributed by atoms with van der Waals surface area (Å²) in [6.45, 7) is 4.59. The van der Waals surface area contributed by atoms with Crippen LogP contribution in [0.2, 0.25) is 6.82 Å². The van der Waals surface area contributed by atoms with Gasteiger partial charge in [0.15, 0.2) is 0 Å². The van der Waals surface area contributed by atoms with Gasteiger partial charge in [-0.1, -0.05) is 12.9 Å². The topological polar surface area (TPSA) is 38.8 Å². The molecule has 1 saturated heterocycles. The van der Waals surface area contributed by atoms with Crippen molar-refractivity contribution in [1.82, 2.24) is 4.90 Å². The molecule has 4 rings (SSSR count). The largest absolute Gasteiger partial charge is 0.457 e. The van der Waals surface area contributed by atoms with Gasteiger partial charge >= 0.3 is 6.92 Å². The lowest BCUT2D eigenvalue weighted by atomic mass is 9.64. The van der Waals surface area contributed by atoms with Gasteiger partial charge in [0.25, 0.3) is 5.91 Å². The van der Waals surface area contributed by atoms with Gasteiger partial charge in [0.2, 0.25) is 0 Å². The van der Waals surface area contributed by atoms with E-state index in [-0.39, 0.29) is 12.8 Å². The van der Waals surface area contributed by atoms with E-state index in [2.05, 4.69) is 12.9 Å². The van der Waals surface area contributed by atoms with Crippen LogP contribution < -0.4 is 10.2 Å². The molecular formula is C20H22BNO3. The Kier molecular flexibility index (Phi) is 4.49. The maximum Gasteiger partial charge on any atom is 0.324 e. The summed E-state index contributed by atoms with van der Waals surface area (Å²) in [5.41, 5.74) is 3.14. The van der Waals surface area contributed by atoms with Crippen molar-refractivity contribution in [1.29, 1.82) is 0 Å². The quantitative estimate of drug-likeness (QED) is 0.807. The summed E-state index contributed by atoms with van der Waals surface area (Å²) in [6.07, 6.45) is 3.43. The number of carbonyl (C=O) groups is 1. The summed E-state index contributed by atoms with van der Waals surface area (Å²) in [4.78, 5) is 14.4. The standard InChI is InChI=1S/C20H22BNO3/c1-21-19-10-9-18(13-16(19)14-24-21)25-17-7-5-15(6-8-17)20(23)22-11-3-2-4-12-22/h5-10,13H,2-4,11-12,14H2,1H3. The number of benzene rings is 2. The minimum atomic E-state index is 0.120. The zero-order chi connectivity index (χ0) is 17.2. The maximum absolute atomic E-state index is 12.5. The van der Waals surface area contributed by atoms with Crippen molar-refractivity contribution in [2.75, 3.05) is 13.1 Å². The molecule has 2 aliphatic rings. The third kappa shape index (κ3) is 3.42. The van der Waals surface area contributed by atoms with Crippen LogP contribution in [0.3, 0.4) is 0 Å². The minimum Gasteiger partial charge on any atom is -0.457 e. The fraction of sp³-hybridized carbons (Fsp3) is 0.350. The zero-order valence-electron chi connectivity index (χ0n) is 14.5. The first-order chi connectivity index (χ1) is 12.2. The van der Waals surface area contributed by atoms with Crippen molar-refractivity contribution >= 4 is 18.3 Å². The minimum absolute atomic E-state index is 0.120. The van der Waals surface area contributed by atoms with E-state index in [4.69, 9.17) is 9.39 Å². The van der Waals surface area contributed by atoms with Crippen LogP contribution in [0.5, 0.6) is 11.5 Å². The van der Waals surface area contributed by atoms with E-state index in [1.807, 2.05) is 41.3 Å². The van der Waals surface area contributed by atoms with Crippen molar-refractivity contribution in [3.8, 4) is 11.5 Å². The molecule has 2 heterocycles. The van der Waals surface area contributed by atoms with Gasteiger partial charge in [0.05, 0.1) is 6.61 Å². The number of nitrogens with zero attached hydrogens (tertiary/aromatic N) is 1. The van der Waals surface area contributed by atoms with Gasteiger partial charge in [0, 0.05) is 18.7 Å². The number of ether oxygens (including phenoxy) is 1. The van der Waals surface area contributed by atoms with Crippen LogP contribution in [0.25, 0.3) is 0 Å². The van der Waals surface area contributed by atoms with Gasteiger partial charge in [-0.25, -0.2) is 0 Å². The van der Waals surface area contributed by atoms with Crippen molar-refractivity contribution < 1.29 is 14.2 Å². The maximum atomic E-state index is 12.5. The van der Waals surface area contributed by atoms with E-state index >= 15 is 0 Å². The van der Waals surface area contributed by atoms with Crippen molar-refractivity contribution in [2.24, 2.45) is 0 Å². The Hall–Kier alpha value is -2.27. The van der Waals surface area contributed by atoms with Crippen LogP contribution >= 0.6 is 0 Å². The molecule has 1 fully saturated rings. The fourth-order valence-electron chi connectivity index (χ4n) is 3.55. The molecule has 0 N–H and O–H groups in total. The molecule has 0 aromatic heterocycles. The lowest BCUT2D eigenvalue weighted by molar-refractivity contribution is 0.0724. The fourth-order valence-corrected chi connectivity index (χ4v) is 3.55. The van der Waals surface area contributed by atoms with Crippen molar-refractivity contribution in [3.05, 3.63) is 53.6 Å². The third-order valence-corrected chi connectivity index (χ3v) is 5.02. The number of carbonyl (C=O) groups excluding carboxylic acids is 1. The second kappa shape index (κ2) is 6.92. The van der Waals surface area contributed by atoms with Crippen molar-refractivity contribution in [2.45, 2.75) is 32.7 Å². The van der Waals surface area contributed by atoms with Crippen LogP contribution in [-0.4, -0.2) is 30.8 Å². The first kappa shape index (κ1) is 16.2. The SMILES string of the molecule is CB1OCc2cc(Oc3ccc(C(=O)N4CCCCC4)cc3)ccc21. The molecule has 128 valence electrons. The molecule has 4 nitrogen and oxygen atoms in total. The number of hydrogen-bond acceptors (Lipinski definition) is 3. The van der Waals surface area contributed by atoms with Crippen LogP contribution in [0.15, 0.2) is 42.5 Å². The van der Waals surface area contributed by atoms with Crippen LogP contribution in [-0.2, 0) is 11.3 Å². The Bertz CT molecular complexity index is 769. The number of piperidine rings is 1. The normalized spacial score (nSPS) is 16.7. The van der Waals surface area contributed by atoms with Crippen LogP contribution in [0.1, 0.15) is 35.2 Å². The van der Waals surface area contributed by atoms with Crippen LogP contribution in [0.4, 0.5) is 0 Å². The van der Waals surface area contributed by atoms with Gasteiger partial charge in [-0.3, -0.25) is 4.79 Å². The molecule has 0 radical (unpaired) electrons. The number of rotatable bonds is 3. The highest BCUT2D eigenvalue weighted by molar-refractivity contribution is 6.67. The summed E-state index contributed by atoms with van der Waals surface area (Å²) in [5, 5.41) is 0. The van der Waals surface area contributed by atoms with Crippen molar-refractivity contribution in [3.63, 3.8) is 0 Å². The Morgan fingerprint density at radius 1 is 1.04 bits per heavy atom. The van der Waals surface area contributed by atoms with E-state index in [1.54, 1.807) is 0 Å². The number of amides is 1. The Morgan fingerprint density at radius 3 is 2.52 bits per heavy atom. The average molecular weight is 335 g/mol. The molecular weight excluding hydrogens is 313 g/mol. The zero-order valence-corrected chi connectivity index (χ0v) is 14.5. The highest BCUT2D eigenvalue weighted by atomic mass is 16.5. The summed E-state index contributed by atoms with van der Waals surface area (Å²) < 4.78 is 11.6. The average Bonchev–Trinajstić information content (AvgIpc) is 3.03. The molecule has 0 atom stereocenters. The Morgan fingerprint density at radius 2 is 1.76 bits per heavy atom. The molecule has 2 aromatic carbocycles. The molecule has 0 saturated carbocycles. The van der Waals surface area contributed by atoms with Gasteiger partial charge in [-0.05, 0) is 66.7 Å². The van der Waals surface area contributed by atoms with Gasteiger partial charge in [0.1, 0.15) is 11.5 Å². The van der Waals surface area contributed by atoms with E-state index in [1.165, 1.54) is 17.4 Å². The van der Waals surface area contributed by atoms with E-state index < -0.39 is 0 Å². The predicted octanol–water partition coefficient (Wildman–Crippen LogP) is 3.46. The molecule has 2 aromatic rings. The molecule has 0 spiro atoms. The molecule has 1 amide bonds. The smallest absolute Gasteiger partial charge is 0.324 e. The lowest BCUT2D eigenvalue weighted by Gasteiger charge is -2.26. The molecule has 5 heteroatoms. The molecule has 0 bridgehead atoms. The highest BCUT2D eigenvalue weighted by Gasteiger charge is 2.23. The number of fused-ring (bicyclic) bond motifs is 1. The Labute approximate surface area is 148 Å². The number of likely N-dealkylation sites (tertiary alicyclic amines) is 1. The summed E-state index contributed by atoms with van der Waals surface area (Å²) in [5.74, 6) is 1.66. The predicted molar refractivity (Wildman–Crippen MR) is 98.8 cm³/mol. The molecule has 2 aliphatic heterocycles. The van der Waals surface area contributed by atoms with E-state index in [9.17, 15) is 4.79 Å². The summed E-state index contributed by atoms with van der Waals surface area (Å²) in [7, 11) is 0. The Balaban J connectivity index is 1.45. The molecule has 25 heavy (non-hydrogen) atoms. The van der Waals surface area contributed by atoms with E-state index in [0.29, 0.717) is 6.61 Å². The third-order valence-electron chi connectivity index (χ3n) is 5.02. The second-order valence-corrected chi connectivity index (χ2v) is 6.79. The molecule has 0 unspecified atom stereocenters. The first-order valence-corrected chi connectivity index (χ1v) is 9.02. The van der Waals surface area contributed by atoms with Gasteiger partial charge in [-0.2, -0.15) is 0 Å². The summed E-state index contributed by atoms with van der Waals surface area (Å²) >= 11 is 0. The highest BCUT2D eigenvalue weighted by Crippen LogP contribution is 2.25. The monoisotopic (exact) mass is 335 g/mol. The molecule has 0 aliphatic carbocycles. The summed E-state index contributed by atoms with van der Waals surface area (Å²) in [6, 6.07) is 13.5. The van der Waals surface area contributed by atoms with Gasteiger partial charge < -0.3 is 14.3 Å². The first-order valence-electron chi connectivity index (χ1n) is 9.02. The van der Waals surface area contributed by atoms with E-state index in [0.717, 1.165) is 43.0 Å². The number of hydrogen-bond donors (Lipinski definition) is 0. The lowest BCUT2D eigenvalue weighted by Crippen LogP contribution is -2.35. The second-order valence-electron chi connectivity index (χ2n) is 6.79. The van der Waals surface area contributed by atoms with Gasteiger partial charge in [-0.15, -0.1) is 0 Å². The van der Waals surface area contributed by atoms with Crippen LogP contribution in [0, 0.1) is 0 Å².